The van der Waals surface area contributed by atoms with Crippen molar-refractivity contribution in [2.24, 2.45) is 0 Å². The quantitative estimate of drug-likeness (QED) is 0.0258. The number of esters is 1. The van der Waals surface area contributed by atoms with E-state index in [2.05, 4.69) is 4.74 Å². The topological polar surface area (TPSA) is 120 Å². The molecule has 132 heavy (non-hydrogen) atoms. The summed E-state index contributed by atoms with van der Waals surface area (Å²) in [5, 5.41) is 11.8. The van der Waals surface area contributed by atoms with E-state index in [0.717, 1.165) is 0 Å². The maximum Gasteiger partial charge on any atom is 0.460 e. The average molecular weight is 2040 g/mol. The molecule has 758 valence electrons. The maximum absolute atomic E-state index is 15.2. The Kier molecular flexibility index (Phi) is 33.8. The van der Waals surface area contributed by atoms with Crippen molar-refractivity contribution in [3.8, 4) is 11.5 Å². The summed E-state index contributed by atoms with van der Waals surface area (Å²) < 4.78 is 769. The summed E-state index contributed by atoms with van der Waals surface area (Å²) in [5.74, 6) is -187. The van der Waals surface area contributed by atoms with E-state index < -0.39 is 295 Å². The fourth-order valence-corrected chi connectivity index (χ4v) is 11.0. The molecule has 0 spiro atoms. The highest BCUT2D eigenvalue weighted by atomic mass is 19.5. The van der Waals surface area contributed by atoms with Crippen LogP contribution in [0.1, 0.15) is 60.0 Å². The zero-order chi connectivity index (χ0) is 102. The molecule has 11 nitrogen and oxygen atoms in total. The van der Waals surface area contributed by atoms with Gasteiger partial charge in [0.2, 0.25) is 6.29 Å². The molecule has 7 atom stereocenters. The van der Waals surface area contributed by atoms with Crippen LogP contribution in [0.15, 0.2) is 115 Å². The minimum absolute atomic E-state index is 0.0973. The number of carbonyl (C=O) groups is 1. The van der Waals surface area contributed by atoms with Gasteiger partial charge in [0, 0.05) is 39.1 Å². The number of rotatable bonds is 49. The van der Waals surface area contributed by atoms with E-state index in [1.165, 1.54) is 84.9 Å². The summed E-state index contributed by atoms with van der Waals surface area (Å²) in [6.07, 6.45) is -58.5. The van der Waals surface area contributed by atoms with Crippen molar-refractivity contribution in [3.05, 3.63) is 132 Å². The standard InChI is InChI=1S/C70H55F51O11/c71-47(72,50(77,78)53(83,84)56(89,90)59(95,96)62(101,102)65(107,108)68(113,114)115)23-10-26-124-31-39(125-27-11-24-48(73,74)51(79,80)54(85,86)57(91,92)60(97,98)63(103,104)66(109,110)69(116,117)118)40(126-28-12-25-49(75,76)52(81,82)55(87,88)58(93,94)61(99,100)64(105,106)67(111,112)70(119,120)121)32-127-37-19-21-38(22-20-37)131-46-44(129-30-35-15-6-2-7-16-35)43(128-29-34-13-4-1-5-14-34)42(122)41(132-46)33-130-45(123)36-17-8-3-9-18-36/h1-9,13-22,39-44,46,122H,10-12,23-33H2/t39?,40?,41-,42-,43+,44-,46-/m1/s1. The number of alkyl halides is 51. The summed E-state index contributed by atoms with van der Waals surface area (Å²) in [6, 6.07) is 24.3. The highest BCUT2D eigenvalue weighted by Gasteiger charge is 2.99. The maximum atomic E-state index is 15.2. The normalized spacial score (nSPS) is 18.9. The lowest BCUT2D eigenvalue weighted by Crippen LogP contribution is -2.74. The molecule has 0 amide bonds. The van der Waals surface area contributed by atoms with Crippen LogP contribution in [0.4, 0.5) is 224 Å². The Morgan fingerprint density at radius 2 is 0.591 bits per heavy atom. The molecule has 0 radical (unpaired) electrons. The Labute approximate surface area is 702 Å². The Balaban J connectivity index is 1.64. The lowest BCUT2D eigenvalue weighted by atomic mass is 9.88. The first-order valence-electron chi connectivity index (χ1n) is 35.4. The van der Waals surface area contributed by atoms with Crippen molar-refractivity contribution in [1.82, 2.24) is 0 Å². The Hall–Kier alpha value is -7.90. The zero-order valence-electron chi connectivity index (χ0n) is 63.7. The number of hydrogen-bond acceptors (Lipinski definition) is 11. The molecular formula is C70H55F51O11. The van der Waals surface area contributed by atoms with Crippen LogP contribution < -0.4 is 9.47 Å². The predicted octanol–water partition coefficient (Wildman–Crippen LogP) is 23.7. The second-order valence-electron chi connectivity index (χ2n) is 28.1. The van der Waals surface area contributed by atoms with Crippen molar-refractivity contribution < 1.29 is 276 Å². The molecule has 0 bridgehead atoms. The van der Waals surface area contributed by atoms with E-state index in [1.807, 2.05) is 0 Å². The molecule has 4 aromatic rings. The molecule has 1 saturated heterocycles. The molecule has 1 N–H and O–H groups in total. The molecule has 0 aliphatic carbocycles. The average Bonchev–Trinajstić information content (AvgIpc) is 0.702. The zero-order valence-corrected chi connectivity index (χ0v) is 63.7. The van der Waals surface area contributed by atoms with Crippen molar-refractivity contribution in [2.75, 3.05) is 39.6 Å². The van der Waals surface area contributed by atoms with Crippen molar-refractivity contribution >= 4 is 5.97 Å². The third-order valence-electron chi connectivity index (χ3n) is 18.8. The van der Waals surface area contributed by atoms with Crippen molar-refractivity contribution in [2.45, 2.75) is 238 Å². The lowest BCUT2D eigenvalue weighted by molar-refractivity contribution is -0.461. The predicted molar refractivity (Wildman–Crippen MR) is 334 cm³/mol. The number of ether oxygens (including phenoxy) is 9. The molecule has 1 aliphatic heterocycles. The highest BCUT2D eigenvalue weighted by Crippen LogP contribution is 2.69. The first-order valence-corrected chi connectivity index (χ1v) is 35.4. The van der Waals surface area contributed by atoms with Crippen molar-refractivity contribution in [3.63, 3.8) is 0 Å². The summed E-state index contributed by atoms with van der Waals surface area (Å²) in [4.78, 5) is 13.1. The Morgan fingerprint density at radius 3 is 0.909 bits per heavy atom. The van der Waals surface area contributed by atoms with Crippen molar-refractivity contribution in [1.29, 1.82) is 0 Å². The van der Waals surface area contributed by atoms with Crippen LogP contribution in [0.3, 0.4) is 0 Å². The highest BCUT2D eigenvalue weighted by molar-refractivity contribution is 5.89. The van der Waals surface area contributed by atoms with E-state index in [0.29, 0.717) is 35.4 Å². The number of aliphatic hydroxyl groups is 1. The van der Waals surface area contributed by atoms with E-state index in [-0.39, 0.29) is 5.56 Å². The van der Waals surface area contributed by atoms with E-state index >= 15 is 35.1 Å². The number of hydrogen-bond donors (Lipinski definition) is 1. The molecule has 5 rings (SSSR count). The third-order valence-corrected chi connectivity index (χ3v) is 18.8. The SMILES string of the molecule is O=C(OC[C@H]1O[C@@H](Oc2ccc(OCC(OCCCC(F)(F)C(F)(F)C(F)(F)C(F)(F)C(F)(F)C(F)(F)C(F)(F)C(F)(F)F)C(COCCCC(F)(F)C(F)(F)C(F)(F)C(F)(F)C(F)(F)C(F)(F)C(F)(F)C(F)(F)F)OCCCC(F)(F)C(F)(F)C(F)(F)C(F)(F)C(F)(F)C(F)(F)C(F)(F)C(F)(F)F)cc2)[C@H](OCc2ccccc2)[C@@H](OCc2ccccc2)[C@@H]1O)c1ccccc1. The molecular weight excluding hydrogens is 1990 g/mol. The second kappa shape index (κ2) is 38.9. The van der Waals surface area contributed by atoms with E-state index in [4.69, 9.17) is 37.9 Å². The van der Waals surface area contributed by atoms with Gasteiger partial charge in [-0.3, -0.25) is 0 Å². The van der Waals surface area contributed by atoms with Gasteiger partial charge in [-0.15, -0.1) is 0 Å². The minimum Gasteiger partial charge on any atom is -0.491 e. The van der Waals surface area contributed by atoms with Crippen LogP contribution in [-0.4, -0.2) is 237 Å². The van der Waals surface area contributed by atoms with Crippen LogP contribution in [-0.2, 0) is 46.4 Å². The summed E-state index contributed by atoms with van der Waals surface area (Å²) in [6.45, 7) is -13.1. The summed E-state index contributed by atoms with van der Waals surface area (Å²) >= 11 is 0. The first-order chi connectivity index (χ1) is 59.2. The smallest absolute Gasteiger partial charge is 0.460 e. The van der Waals surface area contributed by atoms with E-state index in [1.54, 1.807) is 6.07 Å². The van der Waals surface area contributed by atoms with Gasteiger partial charge in [-0.1, -0.05) is 78.9 Å². The van der Waals surface area contributed by atoms with Gasteiger partial charge in [-0.05, 0) is 66.8 Å². The van der Waals surface area contributed by atoms with Crippen LogP contribution >= 0.6 is 0 Å². The van der Waals surface area contributed by atoms with Gasteiger partial charge >= 0.3 is 149 Å². The lowest BCUT2D eigenvalue weighted by Gasteiger charge is -2.43. The fourth-order valence-electron chi connectivity index (χ4n) is 11.0. The molecule has 1 aliphatic rings. The Bertz CT molecular complexity index is 4340. The molecule has 1 heterocycles. The van der Waals surface area contributed by atoms with Gasteiger partial charge in [0.15, 0.2) is 0 Å². The second-order valence-corrected chi connectivity index (χ2v) is 28.1. The number of carbonyl (C=O) groups excluding carboxylic acids is 1. The third kappa shape index (κ3) is 21.0. The monoisotopic (exact) mass is 2040 g/mol. The van der Waals surface area contributed by atoms with Gasteiger partial charge in [0.05, 0.1) is 25.4 Å². The fraction of sp³-hybridized carbons (Fsp3) is 0.643. The van der Waals surface area contributed by atoms with Crippen LogP contribution in [0, 0.1) is 0 Å². The van der Waals surface area contributed by atoms with Gasteiger partial charge in [0.25, 0.3) is 0 Å². The molecule has 2 unspecified atom stereocenters. The largest absolute Gasteiger partial charge is 0.491 e. The molecule has 0 saturated carbocycles. The first kappa shape index (κ1) is 115. The molecule has 0 aromatic heterocycles. The summed E-state index contributed by atoms with van der Waals surface area (Å²) in [5.41, 5.74) is 0.648. The number of benzene rings is 4. The molecule has 1 fully saturated rings. The number of halogens is 51. The van der Waals surface area contributed by atoms with Gasteiger partial charge in [-0.2, -0.15) is 224 Å². The molecule has 62 heteroatoms. The van der Waals surface area contributed by atoms with Crippen LogP contribution in [0.25, 0.3) is 0 Å². The molecule has 4 aromatic carbocycles. The van der Waals surface area contributed by atoms with Crippen LogP contribution in [0.5, 0.6) is 11.5 Å². The van der Waals surface area contributed by atoms with Gasteiger partial charge < -0.3 is 47.7 Å². The minimum atomic E-state index is -9.29. The van der Waals surface area contributed by atoms with Gasteiger partial charge in [-0.25, -0.2) is 4.79 Å². The number of aliphatic hydroxyl groups excluding tert-OH is 1. The van der Waals surface area contributed by atoms with Crippen LogP contribution in [0.2, 0.25) is 0 Å². The Morgan fingerprint density at radius 1 is 0.318 bits per heavy atom. The van der Waals surface area contributed by atoms with E-state index in [9.17, 15) is 199 Å². The summed E-state index contributed by atoms with van der Waals surface area (Å²) in [7, 11) is 0. The van der Waals surface area contributed by atoms with Gasteiger partial charge in [0.1, 0.15) is 61.3 Å².